The SMILES string of the molecule is NS(=O)(=O)c1ccc(CCCNC(=O)c2ccc(F)c(F)c2F)cc1. The zero-order chi connectivity index (χ0) is 18.6. The number of nitrogens with two attached hydrogens (primary N) is 1. The molecule has 0 saturated carbocycles. The summed E-state index contributed by atoms with van der Waals surface area (Å²) in [5.41, 5.74) is 0.247. The van der Waals surface area contributed by atoms with Crippen LogP contribution in [0.2, 0.25) is 0 Å². The summed E-state index contributed by atoms with van der Waals surface area (Å²) in [5.74, 6) is -5.43. The third kappa shape index (κ3) is 4.80. The number of carbonyl (C=O) groups excluding carboxylic acids is 1. The zero-order valence-electron chi connectivity index (χ0n) is 12.9. The second-order valence-corrected chi connectivity index (χ2v) is 6.83. The summed E-state index contributed by atoms with van der Waals surface area (Å²) in [5, 5.41) is 7.40. The molecular formula is C16H15F3N2O3S. The largest absolute Gasteiger partial charge is 0.352 e. The highest BCUT2D eigenvalue weighted by atomic mass is 32.2. The molecule has 0 unspecified atom stereocenters. The number of primary sulfonamides is 1. The second-order valence-electron chi connectivity index (χ2n) is 5.27. The minimum Gasteiger partial charge on any atom is -0.352 e. The molecule has 2 aromatic rings. The number of hydrogen-bond acceptors (Lipinski definition) is 3. The average Bonchev–Trinajstić information content (AvgIpc) is 2.56. The minimum atomic E-state index is -3.75. The van der Waals surface area contributed by atoms with Crippen molar-refractivity contribution < 1.29 is 26.4 Å². The number of amides is 1. The highest BCUT2D eigenvalue weighted by Gasteiger charge is 2.18. The summed E-state index contributed by atoms with van der Waals surface area (Å²) in [4.78, 5) is 11.8. The molecule has 9 heteroatoms. The smallest absolute Gasteiger partial charge is 0.254 e. The normalized spacial score (nSPS) is 11.4. The molecule has 0 bridgehead atoms. The number of sulfonamides is 1. The molecule has 0 aliphatic carbocycles. The zero-order valence-corrected chi connectivity index (χ0v) is 13.7. The maximum Gasteiger partial charge on any atom is 0.254 e. The molecule has 0 spiro atoms. The van der Waals surface area contributed by atoms with Crippen LogP contribution in [0.15, 0.2) is 41.3 Å². The van der Waals surface area contributed by atoms with Crippen molar-refractivity contribution in [1.82, 2.24) is 5.32 Å². The van der Waals surface area contributed by atoms with Crippen LogP contribution in [0, 0.1) is 17.5 Å². The van der Waals surface area contributed by atoms with Crippen molar-refractivity contribution in [3.63, 3.8) is 0 Å². The summed E-state index contributed by atoms with van der Waals surface area (Å²) in [7, 11) is -3.75. The van der Waals surface area contributed by atoms with Crippen molar-refractivity contribution in [1.29, 1.82) is 0 Å². The molecule has 0 saturated heterocycles. The highest BCUT2D eigenvalue weighted by Crippen LogP contribution is 2.15. The van der Waals surface area contributed by atoms with Gasteiger partial charge in [0.1, 0.15) is 0 Å². The fraction of sp³-hybridized carbons (Fsp3) is 0.188. The van der Waals surface area contributed by atoms with E-state index in [1.54, 1.807) is 12.1 Å². The van der Waals surface area contributed by atoms with E-state index < -0.39 is 38.9 Å². The minimum absolute atomic E-state index is 0.00151. The number of nitrogens with one attached hydrogen (secondary N) is 1. The van der Waals surface area contributed by atoms with Crippen LogP contribution in [0.4, 0.5) is 13.2 Å². The van der Waals surface area contributed by atoms with Crippen LogP contribution in [0.5, 0.6) is 0 Å². The topological polar surface area (TPSA) is 89.3 Å². The van der Waals surface area contributed by atoms with Gasteiger partial charge in [0.25, 0.3) is 5.91 Å². The fourth-order valence-corrected chi connectivity index (χ4v) is 2.65. The Hall–Kier alpha value is -2.39. The summed E-state index contributed by atoms with van der Waals surface area (Å²) >= 11 is 0. The lowest BCUT2D eigenvalue weighted by molar-refractivity contribution is 0.0948. The third-order valence-corrected chi connectivity index (χ3v) is 4.39. The molecule has 2 aromatic carbocycles. The lowest BCUT2D eigenvalue weighted by Gasteiger charge is -2.07. The van der Waals surface area contributed by atoms with Gasteiger partial charge in [-0.15, -0.1) is 0 Å². The predicted molar refractivity (Wildman–Crippen MR) is 84.8 cm³/mol. The van der Waals surface area contributed by atoms with Gasteiger partial charge >= 0.3 is 0 Å². The average molecular weight is 372 g/mol. The van der Waals surface area contributed by atoms with Gasteiger partial charge in [-0.3, -0.25) is 4.79 Å². The standard InChI is InChI=1S/C16H15F3N2O3S/c17-13-8-7-12(14(18)15(13)19)16(22)21-9-1-2-10-3-5-11(6-4-10)25(20,23)24/h3-8H,1-2,9H2,(H,21,22)(H2,20,23,24). The van der Waals surface area contributed by atoms with Crippen LogP contribution in [-0.2, 0) is 16.4 Å². The maximum atomic E-state index is 13.5. The van der Waals surface area contributed by atoms with E-state index in [1.807, 2.05) is 0 Å². The van der Waals surface area contributed by atoms with Gasteiger partial charge in [-0.05, 0) is 42.7 Å². The van der Waals surface area contributed by atoms with E-state index in [0.717, 1.165) is 11.6 Å². The van der Waals surface area contributed by atoms with Crippen molar-refractivity contribution in [3.8, 4) is 0 Å². The summed E-state index contributed by atoms with van der Waals surface area (Å²) in [6.45, 7) is 0.175. The van der Waals surface area contributed by atoms with E-state index in [4.69, 9.17) is 5.14 Å². The summed E-state index contributed by atoms with van der Waals surface area (Å²) in [6, 6.07) is 7.49. The number of benzene rings is 2. The first kappa shape index (κ1) is 18.9. The quantitative estimate of drug-likeness (QED) is 0.601. The number of carbonyl (C=O) groups is 1. The van der Waals surface area contributed by atoms with Crippen LogP contribution in [0.1, 0.15) is 22.3 Å². The third-order valence-electron chi connectivity index (χ3n) is 3.46. The first-order chi connectivity index (χ1) is 11.7. The van der Waals surface area contributed by atoms with Gasteiger partial charge in [-0.25, -0.2) is 26.7 Å². The molecular weight excluding hydrogens is 357 g/mol. The van der Waals surface area contributed by atoms with Gasteiger partial charge in [-0.1, -0.05) is 12.1 Å². The van der Waals surface area contributed by atoms with E-state index in [2.05, 4.69) is 5.32 Å². The Morgan fingerprint density at radius 2 is 1.64 bits per heavy atom. The van der Waals surface area contributed by atoms with E-state index in [0.29, 0.717) is 18.9 Å². The maximum absolute atomic E-state index is 13.5. The first-order valence-electron chi connectivity index (χ1n) is 7.23. The predicted octanol–water partition coefficient (Wildman–Crippen LogP) is 2.11. The van der Waals surface area contributed by atoms with E-state index in [-0.39, 0.29) is 11.4 Å². The van der Waals surface area contributed by atoms with Crippen LogP contribution >= 0.6 is 0 Å². The van der Waals surface area contributed by atoms with Crippen LogP contribution < -0.4 is 10.5 Å². The Kier molecular flexibility index (Phi) is 5.81. The number of aryl methyl sites for hydroxylation is 1. The lowest BCUT2D eigenvalue weighted by atomic mass is 10.1. The van der Waals surface area contributed by atoms with Gasteiger partial charge in [-0.2, -0.15) is 0 Å². The molecule has 25 heavy (non-hydrogen) atoms. The number of halogens is 3. The molecule has 3 N–H and O–H groups in total. The van der Waals surface area contributed by atoms with Gasteiger partial charge in [0, 0.05) is 6.54 Å². The fourth-order valence-electron chi connectivity index (χ4n) is 2.14. The van der Waals surface area contributed by atoms with Crippen LogP contribution in [0.3, 0.4) is 0 Å². The van der Waals surface area contributed by atoms with Gasteiger partial charge in [0.05, 0.1) is 10.5 Å². The van der Waals surface area contributed by atoms with Crippen molar-refractivity contribution in [2.75, 3.05) is 6.54 Å². The van der Waals surface area contributed by atoms with Crippen molar-refractivity contribution in [2.45, 2.75) is 17.7 Å². The van der Waals surface area contributed by atoms with Gasteiger partial charge < -0.3 is 5.32 Å². The Morgan fingerprint density at radius 1 is 1.00 bits per heavy atom. The Bertz CT molecular complexity index is 884. The molecule has 5 nitrogen and oxygen atoms in total. The van der Waals surface area contributed by atoms with Crippen molar-refractivity contribution in [3.05, 3.63) is 65.0 Å². The molecule has 0 aliphatic heterocycles. The summed E-state index contributed by atoms with van der Waals surface area (Å²) in [6.07, 6.45) is 0.997. The van der Waals surface area contributed by atoms with Gasteiger partial charge in [0.15, 0.2) is 17.5 Å². The molecule has 0 heterocycles. The molecule has 1 amide bonds. The molecule has 0 aliphatic rings. The molecule has 0 aromatic heterocycles. The lowest BCUT2D eigenvalue weighted by Crippen LogP contribution is -2.26. The Labute approximate surface area is 142 Å². The first-order valence-corrected chi connectivity index (χ1v) is 8.78. The number of hydrogen-bond donors (Lipinski definition) is 2. The van der Waals surface area contributed by atoms with Crippen molar-refractivity contribution >= 4 is 15.9 Å². The van der Waals surface area contributed by atoms with Crippen LogP contribution in [-0.4, -0.2) is 20.9 Å². The highest BCUT2D eigenvalue weighted by molar-refractivity contribution is 7.89. The number of rotatable bonds is 6. The molecule has 2 rings (SSSR count). The molecule has 0 radical (unpaired) electrons. The van der Waals surface area contributed by atoms with E-state index in [9.17, 15) is 26.4 Å². The van der Waals surface area contributed by atoms with Crippen LogP contribution in [0.25, 0.3) is 0 Å². The van der Waals surface area contributed by atoms with E-state index in [1.165, 1.54) is 12.1 Å². The monoisotopic (exact) mass is 372 g/mol. The Balaban J connectivity index is 1.87. The van der Waals surface area contributed by atoms with Crippen molar-refractivity contribution in [2.24, 2.45) is 5.14 Å². The second kappa shape index (κ2) is 7.66. The Morgan fingerprint density at radius 3 is 2.24 bits per heavy atom. The summed E-state index contributed by atoms with van der Waals surface area (Å²) < 4.78 is 61.7. The van der Waals surface area contributed by atoms with Gasteiger partial charge in [0.2, 0.25) is 10.0 Å². The molecule has 0 fully saturated rings. The van der Waals surface area contributed by atoms with E-state index >= 15 is 0 Å². The molecule has 0 atom stereocenters. The molecule has 134 valence electrons.